The first kappa shape index (κ1) is 12.7. The molecular weight excluding hydrogens is 232 g/mol. The van der Waals surface area contributed by atoms with Gasteiger partial charge < -0.3 is 10.6 Å². The first-order valence-electron chi connectivity index (χ1n) is 6.44. The van der Waals surface area contributed by atoms with E-state index in [0.29, 0.717) is 6.54 Å². The van der Waals surface area contributed by atoms with Crippen molar-refractivity contribution in [2.24, 2.45) is 11.7 Å². The summed E-state index contributed by atoms with van der Waals surface area (Å²) in [6, 6.07) is 6.37. The number of halogens is 1. The van der Waals surface area contributed by atoms with Gasteiger partial charge in [-0.3, -0.25) is 0 Å². The van der Waals surface area contributed by atoms with Gasteiger partial charge >= 0.3 is 0 Å². The van der Waals surface area contributed by atoms with E-state index < -0.39 is 0 Å². The van der Waals surface area contributed by atoms with Crippen molar-refractivity contribution in [1.29, 1.82) is 0 Å². The van der Waals surface area contributed by atoms with Crippen molar-refractivity contribution in [3.05, 3.63) is 28.8 Å². The minimum absolute atomic E-state index is 0.653. The van der Waals surface area contributed by atoms with Crippen molar-refractivity contribution >= 4 is 17.3 Å². The zero-order valence-electron chi connectivity index (χ0n) is 10.5. The molecule has 0 unspecified atom stereocenters. The summed E-state index contributed by atoms with van der Waals surface area (Å²) in [4.78, 5) is 2.43. The van der Waals surface area contributed by atoms with Crippen LogP contribution in [0.1, 0.15) is 25.3 Å². The fourth-order valence-electron chi connectivity index (χ4n) is 2.36. The predicted molar refractivity (Wildman–Crippen MR) is 74.8 cm³/mol. The molecule has 0 aromatic heterocycles. The molecule has 0 spiro atoms. The summed E-state index contributed by atoms with van der Waals surface area (Å²) < 4.78 is 0. The molecule has 0 aliphatic carbocycles. The molecule has 2 nitrogen and oxygen atoms in total. The second-order valence-electron chi connectivity index (χ2n) is 4.98. The van der Waals surface area contributed by atoms with Gasteiger partial charge in [0.1, 0.15) is 0 Å². The van der Waals surface area contributed by atoms with Gasteiger partial charge in [-0.05, 0) is 49.4 Å². The van der Waals surface area contributed by atoms with Crippen LogP contribution in [0.2, 0.25) is 5.02 Å². The van der Waals surface area contributed by atoms with E-state index >= 15 is 0 Å². The van der Waals surface area contributed by atoms with Crippen LogP contribution in [0.15, 0.2) is 18.2 Å². The van der Waals surface area contributed by atoms with E-state index in [4.69, 9.17) is 17.3 Å². The van der Waals surface area contributed by atoms with Crippen molar-refractivity contribution in [2.75, 3.05) is 24.5 Å². The van der Waals surface area contributed by atoms with E-state index in [0.717, 1.165) is 36.0 Å². The highest BCUT2D eigenvalue weighted by molar-refractivity contribution is 6.31. The zero-order valence-corrected chi connectivity index (χ0v) is 11.2. The van der Waals surface area contributed by atoms with Gasteiger partial charge in [-0.1, -0.05) is 24.6 Å². The summed E-state index contributed by atoms with van der Waals surface area (Å²) in [7, 11) is 0. The van der Waals surface area contributed by atoms with E-state index in [9.17, 15) is 0 Å². The van der Waals surface area contributed by atoms with Crippen molar-refractivity contribution in [2.45, 2.75) is 26.2 Å². The third-order valence-corrected chi connectivity index (χ3v) is 3.95. The number of nitrogens with zero attached hydrogens (tertiary/aromatic N) is 1. The van der Waals surface area contributed by atoms with Gasteiger partial charge in [0.2, 0.25) is 0 Å². The molecule has 0 saturated carbocycles. The second kappa shape index (κ2) is 5.74. The molecule has 1 aromatic carbocycles. The first-order valence-corrected chi connectivity index (χ1v) is 6.82. The molecule has 2 N–H and O–H groups in total. The van der Waals surface area contributed by atoms with Crippen LogP contribution in [0.5, 0.6) is 0 Å². The Hall–Kier alpha value is -0.730. The average Bonchev–Trinajstić information content (AvgIpc) is 2.33. The maximum Gasteiger partial charge on any atom is 0.0459 e. The monoisotopic (exact) mass is 252 g/mol. The molecule has 1 saturated heterocycles. The van der Waals surface area contributed by atoms with Gasteiger partial charge in [0.25, 0.3) is 0 Å². The zero-order chi connectivity index (χ0) is 12.3. The highest BCUT2D eigenvalue weighted by atomic mass is 35.5. The Morgan fingerprint density at radius 2 is 2.06 bits per heavy atom. The first-order chi connectivity index (χ1) is 8.20. The second-order valence-corrected chi connectivity index (χ2v) is 5.39. The summed E-state index contributed by atoms with van der Waals surface area (Å²) >= 11 is 6.27. The number of benzene rings is 1. The van der Waals surface area contributed by atoms with Crippen LogP contribution in [-0.2, 0) is 6.42 Å². The molecule has 1 heterocycles. The topological polar surface area (TPSA) is 29.3 Å². The number of anilines is 1. The lowest BCUT2D eigenvalue weighted by molar-refractivity contribution is 0.438. The molecule has 1 aliphatic heterocycles. The van der Waals surface area contributed by atoms with Gasteiger partial charge in [0.15, 0.2) is 0 Å². The number of piperidine rings is 1. The van der Waals surface area contributed by atoms with Crippen molar-refractivity contribution < 1.29 is 0 Å². The number of hydrogen-bond donors (Lipinski definition) is 1. The lowest BCUT2D eigenvalue weighted by atomic mass is 9.98. The Kier molecular flexibility index (Phi) is 4.30. The molecule has 1 aliphatic rings. The van der Waals surface area contributed by atoms with Crippen LogP contribution >= 0.6 is 11.6 Å². The van der Waals surface area contributed by atoms with Crippen LogP contribution in [0.25, 0.3) is 0 Å². The van der Waals surface area contributed by atoms with E-state index in [2.05, 4.69) is 30.0 Å². The summed E-state index contributed by atoms with van der Waals surface area (Å²) in [5.74, 6) is 0.859. The fourth-order valence-corrected chi connectivity index (χ4v) is 2.63. The number of nitrogens with two attached hydrogens (primary N) is 1. The molecule has 1 fully saturated rings. The van der Waals surface area contributed by atoms with Crippen molar-refractivity contribution in [3.8, 4) is 0 Å². The van der Waals surface area contributed by atoms with Crippen LogP contribution in [0, 0.1) is 5.92 Å². The molecule has 0 radical (unpaired) electrons. The quantitative estimate of drug-likeness (QED) is 0.896. The summed E-state index contributed by atoms with van der Waals surface area (Å²) in [6.45, 7) is 5.27. The summed E-state index contributed by atoms with van der Waals surface area (Å²) in [6.07, 6.45) is 3.42. The van der Waals surface area contributed by atoms with Crippen LogP contribution in [-0.4, -0.2) is 19.6 Å². The standard InChI is InChI=1S/C14H21ClN2/c1-11-5-8-17(9-6-11)13-3-2-12(4-7-16)14(15)10-13/h2-3,10-11H,4-9,16H2,1H3. The predicted octanol–water partition coefficient (Wildman–Crippen LogP) is 3.08. The van der Waals surface area contributed by atoms with E-state index in [1.54, 1.807) is 0 Å². The van der Waals surface area contributed by atoms with Gasteiger partial charge in [0, 0.05) is 23.8 Å². The highest BCUT2D eigenvalue weighted by Gasteiger charge is 2.16. The average molecular weight is 253 g/mol. The molecule has 0 amide bonds. The minimum atomic E-state index is 0.653. The molecule has 0 bridgehead atoms. The van der Waals surface area contributed by atoms with Gasteiger partial charge in [0.05, 0.1) is 0 Å². The lowest BCUT2D eigenvalue weighted by Gasteiger charge is -2.32. The molecule has 17 heavy (non-hydrogen) atoms. The molecule has 2 rings (SSSR count). The minimum Gasteiger partial charge on any atom is -0.371 e. The lowest BCUT2D eigenvalue weighted by Crippen LogP contribution is -2.32. The maximum atomic E-state index is 6.27. The Morgan fingerprint density at radius 1 is 1.35 bits per heavy atom. The third kappa shape index (κ3) is 3.14. The van der Waals surface area contributed by atoms with Crippen LogP contribution in [0.3, 0.4) is 0 Å². The Bertz CT molecular complexity index is 370. The SMILES string of the molecule is CC1CCN(c2ccc(CCN)c(Cl)c2)CC1. The largest absolute Gasteiger partial charge is 0.371 e. The van der Waals surface area contributed by atoms with Crippen LogP contribution in [0.4, 0.5) is 5.69 Å². The number of hydrogen-bond acceptors (Lipinski definition) is 2. The Labute approximate surface area is 109 Å². The van der Waals surface area contributed by atoms with E-state index in [1.807, 2.05) is 0 Å². The molecule has 1 aromatic rings. The molecule has 94 valence electrons. The van der Waals surface area contributed by atoms with Crippen molar-refractivity contribution in [3.63, 3.8) is 0 Å². The Balaban J connectivity index is 2.09. The van der Waals surface area contributed by atoms with Crippen molar-refractivity contribution in [1.82, 2.24) is 0 Å². The highest BCUT2D eigenvalue weighted by Crippen LogP contribution is 2.27. The van der Waals surface area contributed by atoms with Crippen LogP contribution < -0.4 is 10.6 Å². The molecular formula is C14H21ClN2. The summed E-state index contributed by atoms with van der Waals surface area (Å²) in [5, 5.41) is 0.853. The normalized spacial score (nSPS) is 17.5. The molecule has 3 heteroatoms. The summed E-state index contributed by atoms with van der Waals surface area (Å²) in [5.41, 5.74) is 7.96. The molecule has 0 atom stereocenters. The number of rotatable bonds is 3. The van der Waals surface area contributed by atoms with Gasteiger partial charge in [-0.2, -0.15) is 0 Å². The van der Waals surface area contributed by atoms with Gasteiger partial charge in [-0.15, -0.1) is 0 Å². The van der Waals surface area contributed by atoms with E-state index in [1.165, 1.54) is 18.5 Å². The Morgan fingerprint density at radius 3 is 2.65 bits per heavy atom. The maximum absolute atomic E-state index is 6.27. The third-order valence-electron chi connectivity index (χ3n) is 3.60. The smallest absolute Gasteiger partial charge is 0.0459 e. The van der Waals surface area contributed by atoms with Gasteiger partial charge in [-0.25, -0.2) is 0 Å². The fraction of sp³-hybridized carbons (Fsp3) is 0.571. The van der Waals surface area contributed by atoms with E-state index in [-0.39, 0.29) is 0 Å².